The molecule has 0 aromatic rings. The molecule has 0 saturated carbocycles. The molecule has 51 valence electrons. The van der Waals surface area contributed by atoms with Gasteiger partial charge in [0.05, 0.1) is 0 Å². The van der Waals surface area contributed by atoms with E-state index >= 15 is 0 Å². The number of hydrogen-bond acceptors (Lipinski definition) is 4. The molecular formula is H2CuO5Sb-3. The van der Waals surface area contributed by atoms with Crippen LogP contribution in [0.2, 0.25) is 0 Å². The Kier molecular flexibility index (Phi) is 11.5. The molecule has 0 unspecified atom stereocenters. The predicted molar refractivity (Wildman–Crippen MR) is 10.1 cm³/mol. The van der Waals surface area contributed by atoms with E-state index in [1.807, 2.05) is 0 Å². The van der Waals surface area contributed by atoms with Crippen LogP contribution in [0.1, 0.15) is 0 Å². The van der Waals surface area contributed by atoms with E-state index in [9.17, 15) is 0 Å². The van der Waals surface area contributed by atoms with Gasteiger partial charge in [0.2, 0.25) is 0 Å². The number of hydrogen-bond donors (Lipinski definition) is 0. The van der Waals surface area contributed by atoms with Crippen LogP contribution in [-0.4, -0.2) is 25.5 Å². The van der Waals surface area contributed by atoms with E-state index in [-0.39, 0.29) is 22.5 Å². The molecule has 0 aliphatic heterocycles. The standard InChI is InChI=1S/Cu.H2O.4O.Sb/h;1H2;;;;;/q;;;3*-1;. The zero-order valence-electron chi connectivity index (χ0n) is 2.88. The molecule has 0 amide bonds. The quantitative estimate of drug-likeness (QED) is 0.409. The first-order valence-corrected chi connectivity index (χ1v) is 4.90. The fourth-order valence-electron chi connectivity index (χ4n) is 0. The van der Waals surface area contributed by atoms with Crippen molar-refractivity contribution < 1.29 is 35.7 Å². The molecule has 0 aliphatic carbocycles. The van der Waals surface area contributed by atoms with Crippen molar-refractivity contribution in [2.24, 2.45) is 0 Å². The minimum atomic E-state index is -6.10. The third-order valence-corrected chi connectivity index (χ3v) is 0. The van der Waals surface area contributed by atoms with Crippen molar-refractivity contribution in [1.82, 2.24) is 0 Å². The summed E-state index contributed by atoms with van der Waals surface area (Å²) in [6.07, 6.45) is 0. The van der Waals surface area contributed by atoms with Crippen LogP contribution in [-0.2, 0) is 20.1 Å². The van der Waals surface area contributed by atoms with Crippen LogP contribution in [0.3, 0.4) is 0 Å². The Hall–Kier alpha value is 0.978. The third kappa shape index (κ3) is 181. The normalized spacial score (nSPS) is 8.43. The molecule has 7 heteroatoms. The Morgan fingerprint density at radius 3 is 1.14 bits per heavy atom. The molecule has 0 aliphatic rings. The Morgan fingerprint density at radius 2 is 1.14 bits per heavy atom. The second-order valence-corrected chi connectivity index (χ2v) is 3.00. The monoisotopic (exact) mass is 266 g/mol. The summed E-state index contributed by atoms with van der Waals surface area (Å²) in [4.78, 5) is 0. The summed E-state index contributed by atoms with van der Waals surface area (Å²) in [7, 11) is 0. The first-order chi connectivity index (χ1) is 2.00. The second-order valence-electron chi connectivity index (χ2n) is 0.447. The minimum absolute atomic E-state index is 0. The third-order valence-electron chi connectivity index (χ3n) is 0. The van der Waals surface area contributed by atoms with Gasteiger partial charge in [-0.1, -0.05) is 0 Å². The molecule has 0 aromatic carbocycles. The van der Waals surface area contributed by atoms with E-state index in [2.05, 4.69) is 0 Å². The molecule has 0 heterocycles. The van der Waals surface area contributed by atoms with Crippen molar-refractivity contribution in [3.63, 3.8) is 0 Å². The van der Waals surface area contributed by atoms with E-state index in [1.165, 1.54) is 0 Å². The van der Waals surface area contributed by atoms with E-state index in [0.717, 1.165) is 0 Å². The van der Waals surface area contributed by atoms with Crippen molar-refractivity contribution in [1.29, 1.82) is 0 Å². The molecule has 0 spiro atoms. The van der Waals surface area contributed by atoms with Crippen LogP contribution in [0.5, 0.6) is 0 Å². The van der Waals surface area contributed by atoms with Crippen molar-refractivity contribution in [2.45, 2.75) is 0 Å². The molecule has 2 N–H and O–H groups in total. The van der Waals surface area contributed by atoms with Gasteiger partial charge in [-0.3, -0.25) is 0 Å². The first-order valence-electron chi connectivity index (χ1n) is 0.730. The average molecular weight is 267 g/mol. The molecule has 0 bridgehead atoms. The second kappa shape index (κ2) is 5.12. The summed E-state index contributed by atoms with van der Waals surface area (Å²) >= 11 is -6.10. The van der Waals surface area contributed by atoms with Crippen LogP contribution >= 0.6 is 0 Å². The van der Waals surface area contributed by atoms with Gasteiger partial charge in [-0.05, 0) is 0 Å². The van der Waals surface area contributed by atoms with Crippen LogP contribution in [0, 0.1) is 0 Å². The van der Waals surface area contributed by atoms with E-state index in [4.69, 9.17) is 13.2 Å². The fourth-order valence-corrected chi connectivity index (χ4v) is 0. The molecule has 7 heavy (non-hydrogen) atoms. The van der Waals surface area contributed by atoms with E-state index in [0.29, 0.717) is 0 Å². The Bertz CT molecular complexity index is 54.2. The summed E-state index contributed by atoms with van der Waals surface area (Å²) in [5.74, 6) is 0. The van der Waals surface area contributed by atoms with Gasteiger partial charge in [-0.25, -0.2) is 0 Å². The summed E-state index contributed by atoms with van der Waals surface area (Å²) < 4.78 is 34.6. The SMILES string of the molecule is O.[Cu].[O]=[Sb]([O-])([O-])[O-]. The summed E-state index contributed by atoms with van der Waals surface area (Å²) in [6.45, 7) is 0. The zero-order chi connectivity index (χ0) is 4.50. The Morgan fingerprint density at radius 1 is 1.14 bits per heavy atom. The van der Waals surface area contributed by atoms with Crippen LogP contribution in [0.15, 0.2) is 0 Å². The van der Waals surface area contributed by atoms with Gasteiger partial charge >= 0.3 is 33.2 Å². The maximum atomic E-state index is 8.64. The molecule has 0 atom stereocenters. The van der Waals surface area contributed by atoms with Crippen molar-refractivity contribution in [3.8, 4) is 0 Å². The molecular weight excluding hydrogens is 265 g/mol. The zero-order valence-corrected chi connectivity index (χ0v) is 6.38. The Balaban J connectivity index is -0.0000000800. The molecule has 0 rings (SSSR count). The molecule has 0 saturated heterocycles. The van der Waals surface area contributed by atoms with Gasteiger partial charge in [0.25, 0.3) is 0 Å². The van der Waals surface area contributed by atoms with Gasteiger partial charge in [0.15, 0.2) is 0 Å². The number of rotatable bonds is 0. The van der Waals surface area contributed by atoms with Crippen molar-refractivity contribution in [2.75, 3.05) is 0 Å². The topological polar surface area (TPSA) is 118 Å². The van der Waals surface area contributed by atoms with Crippen molar-refractivity contribution in [3.05, 3.63) is 0 Å². The first kappa shape index (κ1) is 15.7. The average Bonchev–Trinajstić information content (AvgIpc) is 0.722. The molecule has 5 nitrogen and oxygen atoms in total. The van der Waals surface area contributed by atoms with E-state index in [1.54, 1.807) is 0 Å². The van der Waals surface area contributed by atoms with Crippen LogP contribution < -0.4 is 10.2 Å². The van der Waals surface area contributed by atoms with Gasteiger partial charge < -0.3 is 5.48 Å². The molecule has 1 radical (unpaired) electrons. The van der Waals surface area contributed by atoms with E-state index < -0.39 is 20.1 Å². The van der Waals surface area contributed by atoms with Gasteiger partial charge in [-0.15, -0.1) is 0 Å². The van der Waals surface area contributed by atoms with Crippen LogP contribution in [0.25, 0.3) is 0 Å². The summed E-state index contributed by atoms with van der Waals surface area (Å²) in [5.41, 5.74) is 0. The summed E-state index contributed by atoms with van der Waals surface area (Å²) in [5, 5.41) is 0. The maximum absolute atomic E-state index is 8.64. The molecule has 0 aromatic heterocycles. The van der Waals surface area contributed by atoms with Gasteiger partial charge in [-0.2, -0.15) is 0 Å². The van der Waals surface area contributed by atoms with Gasteiger partial charge in [0, 0.05) is 17.1 Å². The predicted octanol–water partition coefficient (Wildman–Crippen LogP) is -4.89. The molecule has 0 fully saturated rings. The van der Waals surface area contributed by atoms with Crippen LogP contribution in [0.4, 0.5) is 0 Å². The van der Waals surface area contributed by atoms with Crippen molar-refractivity contribution >= 4 is 20.1 Å². The fraction of sp³-hybridized carbons (Fsp3) is 0. The summed E-state index contributed by atoms with van der Waals surface area (Å²) in [6, 6.07) is 0. The van der Waals surface area contributed by atoms with Gasteiger partial charge in [0.1, 0.15) is 0 Å². The Labute approximate surface area is 55.8 Å².